The fourth-order valence-corrected chi connectivity index (χ4v) is 10.3. The molecular formula is C61H123NO8P+. The third-order valence-electron chi connectivity index (χ3n) is 14.4. The van der Waals surface area contributed by atoms with Crippen LogP contribution in [0.2, 0.25) is 0 Å². The first-order valence-corrected chi connectivity index (χ1v) is 32.8. The minimum atomic E-state index is -4.38. The second kappa shape index (κ2) is 53.8. The van der Waals surface area contributed by atoms with Gasteiger partial charge in [0, 0.05) is 12.8 Å². The summed E-state index contributed by atoms with van der Waals surface area (Å²) in [6.45, 7) is 4.50. The lowest BCUT2D eigenvalue weighted by Gasteiger charge is -2.24. The minimum absolute atomic E-state index is 0.0373. The normalized spacial score (nSPS) is 13.2. The molecule has 0 aliphatic heterocycles. The van der Waals surface area contributed by atoms with Crippen LogP contribution in [0.15, 0.2) is 0 Å². The van der Waals surface area contributed by atoms with Crippen molar-refractivity contribution in [3.8, 4) is 0 Å². The number of phosphoric acid groups is 1. The number of hydrogen-bond acceptors (Lipinski definition) is 7. The van der Waals surface area contributed by atoms with Crippen molar-refractivity contribution in [1.82, 2.24) is 0 Å². The molecule has 0 spiro atoms. The van der Waals surface area contributed by atoms with Gasteiger partial charge in [-0.2, -0.15) is 0 Å². The van der Waals surface area contributed by atoms with Gasteiger partial charge in [-0.15, -0.1) is 0 Å². The number of ether oxygens (including phenoxy) is 2. The van der Waals surface area contributed by atoms with Crippen LogP contribution in [0, 0.1) is 0 Å². The van der Waals surface area contributed by atoms with Gasteiger partial charge in [-0.25, -0.2) is 4.57 Å². The molecule has 1 N–H and O–H groups in total. The van der Waals surface area contributed by atoms with E-state index in [1.807, 2.05) is 21.1 Å². The Balaban J connectivity index is 3.90. The van der Waals surface area contributed by atoms with Crippen molar-refractivity contribution in [3.63, 3.8) is 0 Å². The van der Waals surface area contributed by atoms with Gasteiger partial charge < -0.3 is 18.9 Å². The molecule has 2 atom stereocenters. The molecule has 0 rings (SSSR count). The summed E-state index contributed by atoms with van der Waals surface area (Å²) in [5, 5.41) is 0. The van der Waals surface area contributed by atoms with E-state index in [-0.39, 0.29) is 25.6 Å². The molecule has 0 bridgehead atoms. The molecule has 0 aliphatic rings. The zero-order chi connectivity index (χ0) is 52.0. The smallest absolute Gasteiger partial charge is 0.462 e. The summed E-state index contributed by atoms with van der Waals surface area (Å²) < 4.78 is 34.6. The first-order chi connectivity index (χ1) is 34.5. The number of quaternary nitrogens is 1. The van der Waals surface area contributed by atoms with E-state index < -0.39 is 26.5 Å². The van der Waals surface area contributed by atoms with Gasteiger partial charge in [0.05, 0.1) is 27.7 Å². The topological polar surface area (TPSA) is 108 Å². The van der Waals surface area contributed by atoms with Gasteiger partial charge in [0.15, 0.2) is 6.10 Å². The summed E-state index contributed by atoms with van der Waals surface area (Å²) >= 11 is 0. The zero-order valence-corrected chi connectivity index (χ0v) is 49.1. The molecule has 0 fully saturated rings. The zero-order valence-electron chi connectivity index (χ0n) is 48.3. The molecule has 71 heavy (non-hydrogen) atoms. The summed E-state index contributed by atoms with van der Waals surface area (Å²) in [6.07, 6.45) is 62.1. The Morgan fingerprint density at radius 1 is 0.380 bits per heavy atom. The predicted octanol–water partition coefficient (Wildman–Crippen LogP) is 19.4. The fourth-order valence-electron chi connectivity index (χ4n) is 9.55. The van der Waals surface area contributed by atoms with Crippen LogP contribution < -0.4 is 0 Å². The van der Waals surface area contributed by atoms with E-state index in [1.54, 1.807) is 0 Å². The summed E-state index contributed by atoms with van der Waals surface area (Å²) in [6, 6.07) is 0. The number of hydrogen-bond donors (Lipinski definition) is 1. The van der Waals surface area contributed by atoms with Crippen molar-refractivity contribution >= 4 is 19.8 Å². The number of phosphoric ester groups is 1. The predicted molar refractivity (Wildman–Crippen MR) is 303 cm³/mol. The van der Waals surface area contributed by atoms with Crippen molar-refractivity contribution in [2.24, 2.45) is 0 Å². The molecule has 9 nitrogen and oxygen atoms in total. The van der Waals surface area contributed by atoms with Crippen molar-refractivity contribution < 1.29 is 42.1 Å². The van der Waals surface area contributed by atoms with Gasteiger partial charge in [0.2, 0.25) is 0 Å². The number of rotatable bonds is 59. The minimum Gasteiger partial charge on any atom is -0.462 e. The number of esters is 2. The second-order valence-electron chi connectivity index (χ2n) is 22.8. The van der Waals surface area contributed by atoms with Crippen molar-refractivity contribution in [2.45, 2.75) is 335 Å². The Morgan fingerprint density at radius 3 is 0.901 bits per heavy atom. The molecule has 0 heterocycles. The Morgan fingerprint density at radius 2 is 0.634 bits per heavy atom. The molecule has 0 aromatic heterocycles. The molecule has 0 radical (unpaired) electrons. The molecule has 0 aromatic carbocycles. The van der Waals surface area contributed by atoms with E-state index >= 15 is 0 Å². The number of carbonyl (C=O) groups excluding carboxylic acids is 2. The van der Waals surface area contributed by atoms with Crippen molar-refractivity contribution in [2.75, 3.05) is 47.5 Å². The second-order valence-corrected chi connectivity index (χ2v) is 24.3. The molecule has 2 unspecified atom stereocenters. The molecule has 0 amide bonds. The van der Waals surface area contributed by atoms with Gasteiger partial charge in [0.25, 0.3) is 0 Å². The van der Waals surface area contributed by atoms with Crippen LogP contribution in [-0.2, 0) is 32.7 Å². The van der Waals surface area contributed by atoms with Gasteiger partial charge in [0.1, 0.15) is 19.8 Å². The molecular weight excluding hydrogens is 906 g/mol. The maximum Gasteiger partial charge on any atom is 0.472 e. The molecule has 10 heteroatoms. The van der Waals surface area contributed by atoms with Crippen molar-refractivity contribution in [3.05, 3.63) is 0 Å². The quantitative estimate of drug-likeness (QED) is 0.0278. The Bertz CT molecular complexity index is 1160. The van der Waals surface area contributed by atoms with Crippen LogP contribution in [0.25, 0.3) is 0 Å². The first kappa shape index (κ1) is 70.0. The highest BCUT2D eigenvalue weighted by atomic mass is 31.2. The average Bonchev–Trinajstić information content (AvgIpc) is 3.33. The number of nitrogens with zero attached hydrogens (tertiary/aromatic N) is 1. The highest BCUT2D eigenvalue weighted by molar-refractivity contribution is 7.47. The SMILES string of the molecule is CCCCCCCCCCCCCCCCCCCCCCCCCCCCCCCCCCCCC(=O)OC(COC(=O)CCCCCCCCCCCCCCC)COP(=O)(O)OCC[N+](C)(C)C. The molecule has 0 saturated carbocycles. The third kappa shape index (κ3) is 58.1. The van der Waals surface area contributed by atoms with Gasteiger partial charge >= 0.3 is 19.8 Å². The van der Waals surface area contributed by atoms with Crippen molar-refractivity contribution in [1.29, 1.82) is 0 Å². The lowest BCUT2D eigenvalue weighted by Crippen LogP contribution is -2.37. The highest BCUT2D eigenvalue weighted by Crippen LogP contribution is 2.43. The van der Waals surface area contributed by atoms with E-state index in [2.05, 4.69) is 13.8 Å². The lowest BCUT2D eigenvalue weighted by atomic mass is 10.0. The van der Waals surface area contributed by atoms with Gasteiger partial charge in [-0.3, -0.25) is 18.6 Å². The van der Waals surface area contributed by atoms with E-state index in [0.29, 0.717) is 17.4 Å². The largest absolute Gasteiger partial charge is 0.472 e. The van der Waals surface area contributed by atoms with Gasteiger partial charge in [-0.05, 0) is 12.8 Å². The third-order valence-corrected chi connectivity index (χ3v) is 15.4. The molecule has 0 aliphatic carbocycles. The van der Waals surface area contributed by atoms with Crippen LogP contribution in [0.3, 0.4) is 0 Å². The van der Waals surface area contributed by atoms with Crippen LogP contribution in [-0.4, -0.2) is 74.9 Å². The van der Waals surface area contributed by atoms with Crippen LogP contribution in [0.4, 0.5) is 0 Å². The van der Waals surface area contributed by atoms with E-state index in [4.69, 9.17) is 18.5 Å². The summed E-state index contributed by atoms with van der Waals surface area (Å²) in [4.78, 5) is 35.6. The Kier molecular flexibility index (Phi) is 53.1. The Labute approximate surface area is 442 Å². The maximum atomic E-state index is 12.8. The van der Waals surface area contributed by atoms with E-state index in [1.165, 1.54) is 263 Å². The standard InChI is InChI=1S/C61H122NO8P/c1-6-8-10-12-14-16-18-20-21-22-23-24-25-26-27-28-29-30-31-32-33-34-35-36-37-38-39-40-42-44-46-48-50-52-54-61(64)70-59(58-69-71(65,66)68-56-55-62(3,4)5)57-67-60(63)53-51-49-47-45-43-41-19-17-15-13-11-9-7-2/h59H,6-58H2,1-5H3/p+1. The lowest BCUT2D eigenvalue weighted by molar-refractivity contribution is -0.870. The average molecular weight is 1030 g/mol. The van der Waals surface area contributed by atoms with Gasteiger partial charge in [-0.1, -0.05) is 303 Å². The number of likely N-dealkylation sites (N-methyl/N-ethyl adjacent to an activating group) is 1. The van der Waals surface area contributed by atoms with E-state index in [9.17, 15) is 19.0 Å². The van der Waals surface area contributed by atoms with E-state index in [0.717, 1.165) is 38.5 Å². The summed E-state index contributed by atoms with van der Waals surface area (Å²) in [7, 11) is 1.50. The number of carbonyl (C=O) groups is 2. The van der Waals surface area contributed by atoms with Crippen LogP contribution >= 0.6 is 7.82 Å². The fraction of sp³-hybridized carbons (Fsp3) is 0.967. The highest BCUT2D eigenvalue weighted by Gasteiger charge is 2.27. The Hall–Kier alpha value is -0.990. The number of unbranched alkanes of at least 4 members (excludes halogenated alkanes) is 45. The molecule has 0 aromatic rings. The summed E-state index contributed by atoms with van der Waals surface area (Å²) in [5.41, 5.74) is 0. The van der Waals surface area contributed by atoms with Crippen LogP contribution in [0.5, 0.6) is 0 Å². The summed E-state index contributed by atoms with van der Waals surface area (Å²) in [5.74, 6) is -0.775. The van der Waals surface area contributed by atoms with Crippen LogP contribution in [0.1, 0.15) is 328 Å². The first-order valence-electron chi connectivity index (χ1n) is 31.3. The maximum absolute atomic E-state index is 12.8. The monoisotopic (exact) mass is 1030 g/mol. The molecule has 0 saturated heterocycles. The molecule has 424 valence electrons.